The van der Waals surface area contributed by atoms with Crippen LogP contribution in [0.2, 0.25) is 0 Å². The lowest BCUT2D eigenvalue weighted by Crippen LogP contribution is -2.55. The summed E-state index contributed by atoms with van der Waals surface area (Å²) in [6.07, 6.45) is 7.28. The minimum Gasteiger partial charge on any atom is -0.485 e. The molecule has 2 fully saturated rings. The SMILES string of the molecule is Cc1nc2c(OCc3c(F)cccc3F)cccn2c1C(=O)NC1CC2CCCC(C1)N2C. The van der Waals surface area contributed by atoms with Gasteiger partial charge < -0.3 is 15.0 Å². The molecule has 1 N–H and O–H groups in total. The van der Waals surface area contributed by atoms with Gasteiger partial charge in [-0.1, -0.05) is 12.5 Å². The summed E-state index contributed by atoms with van der Waals surface area (Å²) in [4.78, 5) is 20.3. The highest BCUT2D eigenvalue weighted by molar-refractivity contribution is 5.95. The number of hydrogen-bond acceptors (Lipinski definition) is 4. The van der Waals surface area contributed by atoms with E-state index in [0.29, 0.717) is 34.9 Å². The minimum absolute atomic E-state index is 0.136. The Morgan fingerprint density at radius 3 is 2.55 bits per heavy atom. The number of halogens is 2. The average Bonchev–Trinajstić information content (AvgIpc) is 3.10. The van der Waals surface area contributed by atoms with Crippen molar-refractivity contribution in [2.75, 3.05) is 7.05 Å². The maximum absolute atomic E-state index is 14.0. The van der Waals surface area contributed by atoms with Crippen LogP contribution >= 0.6 is 0 Å². The van der Waals surface area contributed by atoms with Crippen LogP contribution in [0.3, 0.4) is 0 Å². The summed E-state index contributed by atoms with van der Waals surface area (Å²) in [5, 5.41) is 3.23. The van der Waals surface area contributed by atoms with Crippen molar-refractivity contribution in [2.45, 2.75) is 63.8 Å². The van der Waals surface area contributed by atoms with Crippen molar-refractivity contribution in [3.8, 4) is 5.75 Å². The van der Waals surface area contributed by atoms with Crippen molar-refractivity contribution in [1.29, 1.82) is 0 Å². The molecule has 0 radical (unpaired) electrons. The fourth-order valence-electron chi connectivity index (χ4n) is 5.35. The van der Waals surface area contributed by atoms with Crippen molar-refractivity contribution in [3.63, 3.8) is 0 Å². The Hall–Kier alpha value is -3.00. The first kappa shape index (κ1) is 21.8. The molecule has 2 aromatic heterocycles. The molecule has 5 rings (SSSR count). The molecule has 1 aromatic carbocycles. The van der Waals surface area contributed by atoms with Gasteiger partial charge in [-0.25, -0.2) is 13.8 Å². The van der Waals surface area contributed by atoms with Gasteiger partial charge in [-0.05, 0) is 63.9 Å². The van der Waals surface area contributed by atoms with E-state index in [-0.39, 0.29) is 24.1 Å². The standard InChI is InChI=1S/C25H28F2N4O2/c1-15-23(25(32)29-16-12-17-6-3-7-18(13-16)30(17)2)31-11-5-10-22(24(31)28-15)33-14-19-20(26)8-4-9-21(19)27/h4-5,8-11,16-18H,3,6-7,12-14H2,1-2H3,(H,29,32). The molecule has 1 amide bonds. The fourth-order valence-corrected chi connectivity index (χ4v) is 5.35. The molecular formula is C25H28F2N4O2. The molecule has 33 heavy (non-hydrogen) atoms. The maximum atomic E-state index is 14.0. The Morgan fingerprint density at radius 1 is 1.15 bits per heavy atom. The number of fused-ring (bicyclic) bond motifs is 3. The Bertz CT molecular complexity index is 1160. The van der Waals surface area contributed by atoms with E-state index < -0.39 is 11.6 Å². The van der Waals surface area contributed by atoms with Gasteiger partial charge in [-0.3, -0.25) is 9.20 Å². The first-order valence-corrected chi connectivity index (χ1v) is 11.5. The van der Waals surface area contributed by atoms with E-state index in [2.05, 4.69) is 22.2 Å². The summed E-state index contributed by atoms with van der Waals surface area (Å²) in [5.74, 6) is -1.13. The number of nitrogens with one attached hydrogen (secondary N) is 1. The normalized spacial score (nSPS) is 23.0. The minimum atomic E-state index is -0.663. The number of carbonyl (C=O) groups is 1. The van der Waals surface area contributed by atoms with Gasteiger partial charge in [0.1, 0.15) is 23.9 Å². The summed E-state index contributed by atoms with van der Waals surface area (Å²) < 4.78 is 35.4. The van der Waals surface area contributed by atoms with Crippen LogP contribution in [0.1, 0.15) is 53.8 Å². The van der Waals surface area contributed by atoms with Gasteiger partial charge in [0.15, 0.2) is 11.4 Å². The van der Waals surface area contributed by atoms with Crippen molar-refractivity contribution < 1.29 is 18.3 Å². The Kier molecular flexibility index (Phi) is 5.78. The number of nitrogens with zero attached hydrogens (tertiary/aromatic N) is 3. The second-order valence-electron chi connectivity index (χ2n) is 9.15. The predicted molar refractivity (Wildman–Crippen MR) is 120 cm³/mol. The third-order valence-corrected chi connectivity index (χ3v) is 7.11. The molecular weight excluding hydrogens is 426 g/mol. The zero-order valence-corrected chi connectivity index (χ0v) is 18.9. The van der Waals surface area contributed by atoms with Crippen LogP contribution in [0, 0.1) is 18.6 Å². The van der Waals surface area contributed by atoms with Crippen molar-refractivity contribution >= 4 is 11.6 Å². The summed E-state index contributed by atoms with van der Waals surface area (Å²) in [7, 11) is 2.19. The summed E-state index contributed by atoms with van der Waals surface area (Å²) in [6, 6.07) is 8.30. The molecule has 4 heterocycles. The van der Waals surface area contributed by atoms with E-state index in [0.717, 1.165) is 12.8 Å². The second-order valence-corrected chi connectivity index (χ2v) is 9.15. The highest BCUT2D eigenvalue weighted by Crippen LogP contribution is 2.33. The number of benzene rings is 1. The summed E-state index contributed by atoms with van der Waals surface area (Å²) >= 11 is 0. The average molecular weight is 455 g/mol. The molecule has 6 nitrogen and oxygen atoms in total. The third kappa shape index (κ3) is 4.08. The zero-order valence-electron chi connectivity index (χ0n) is 18.9. The summed E-state index contributed by atoms with van der Waals surface area (Å²) in [5.41, 5.74) is 1.33. The van der Waals surface area contributed by atoms with Gasteiger partial charge in [0.2, 0.25) is 0 Å². The van der Waals surface area contributed by atoms with Crippen LogP contribution in [-0.4, -0.2) is 45.4 Å². The Balaban J connectivity index is 1.36. The molecule has 174 valence electrons. The Labute approximate surface area is 191 Å². The first-order chi connectivity index (χ1) is 15.9. The van der Waals surface area contributed by atoms with E-state index in [4.69, 9.17) is 4.74 Å². The maximum Gasteiger partial charge on any atom is 0.270 e. The second kappa shape index (κ2) is 8.74. The molecule has 0 aliphatic carbocycles. The highest BCUT2D eigenvalue weighted by atomic mass is 19.1. The zero-order chi connectivity index (χ0) is 23.1. The number of pyridine rings is 1. The number of imidazole rings is 1. The van der Waals surface area contributed by atoms with E-state index in [1.54, 1.807) is 29.7 Å². The molecule has 8 heteroatoms. The van der Waals surface area contributed by atoms with Crippen molar-refractivity contribution in [1.82, 2.24) is 19.6 Å². The first-order valence-electron chi connectivity index (χ1n) is 11.5. The molecule has 2 bridgehead atoms. The van der Waals surface area contributed by atoms with E-state index in [1.165, 1.54) is 37.5 Å². The van der Waals surface area contributed by atoms with Gasteiger partial charge in [0.05, 0.1) is 11.3 Å². The highest BCUT2D eigenvalue weighted by Gasteiger charge is 2.37. The number of ether oxygens (including phenoxy) is 1. The third-order valence-electron chi connectivity index (χ3n) is 7.11. The van der Waals surface area contributed by atoms with E-state index in [9.17, 15) is 13.6 Å². The molecule has 0 saturated carbocycles. The number of hydrogen-bond donors (Lipinski definition) is 1. The topological polar surface area (TPSA) is 58.9 Å². The van der Waals surface area contributed by atoms with E-state index >= 15 is 0 Å². The fraction of sp³-hybridized carbons (Fsp3) is 0.440. The molecule has 2 atom stereocenters. The van der Waals surface area contributed by atoms with E-state index in [1.807, 2.05) is 0 Å². The number of carbonyl (C=O) groups excluding carboxylic acids is 1. The van der Waals surface area contributed by atoms with Crippen LogP contribution in [0.4, 0.5) is 8.78 Å². The van der Waals surface area contributed by atoms with Gasteiger partial charge in [0.25, 0.3) is 5.91 Å². The largest absolute Gasteiger partial charge is 0.485 e. The number of aryl methyl sites for hydroxylation is 1. The van der Waals surface area contributed by atoms with Crippen LogP contribution in [0.15, 0.2) is 36.5 Å². The van der Waals surface area contributed by atoms with Gasteiger partial charge >= 0.3 is 0 Å². The number of amides is 1. The lowest BCUT2D eigenvalue weighted by atomic mass is 9.82. The quantitative estimate of drug-likeness (QED) is 0.626. The number of piperidine rings is 2. The van der Waals surface area contributed by atoms with Crippen LogP contribution in [-0.2, 0) is 6.61 Å². The van der Waals surface area contributed by atoms with Crippen molar-refractivity contribution in [3.05, 3.63) is 65.1 Å². The lowest BCUT2D eigenvalue weighted by molar-refractivity contribution is 0.0461. The number of aromatic nitrogens is 2. The van der Waals surface area contributed by atoms with Crippen LogP contribution in [0.25, 0.3) is 5.65 Å². The van der Waals surface area contributed by atoms with Crippen LogP contribution < -0.4 is 10.1 Å². The lowest BCUT2D eigenvalue weighted by Gasteiger charge is -2.47. The number of rotatable bonds is 5. The Morgan fingerprint density at radius 2 is 1.85 bits per heavy atom. The summed E-state index contributed by atoms with van der Waals surface area (Å²) in [6.45, 7) is 1.51. The molecule has 3 aromatic rings. The predicted octanol–water partition coefficient (Wildman–Crippen LogP) is 4.25. The monoisotopic (exact) mass is 454 g/mol. The van der Waals surface area contributed by atoms with Gasteiger partial charge in [0, 0.05) is 24.3 Å². The molecule has 2 unspecified atom stereocenters. The molecule has 2 aliphatic heterocycles. The van der Waals surface area contributed by atoms with Crippen LogP contribution in [0.5, 0.6) is 5.75 Å². The van der Waals surface area contributed by atoms with Gasteiger partial charge in [-0.2, -0.15) is 0 Å². The molecule has 2 aliphatic rings. The van der Waals surface area contributed by atoms with Crippen molar-refractivity contribution in [2.24, 2.45) is 0 Å². The molecule has 0 spiro atoms. The van der Waals surface area contributed by atoms with Gasteiger partial charge in [-0.15, -0.1) is 0 Å². The smallest absolute Gasteiger partial charge is 0.270 e. The molecule has 2 saturated heterocycles.